The van der Waals surface area contributed by atoms with Crippen LogP contribution in [0.15, 0.2) is 0 Å². The number of rotatable bonds is 1. The minimum atomic E-state index is -2.12. The summed E-state index contributed by atoms with van der Waals surface area (Å²) in [6.07, 6.45) is 0. The Kier molecular flexibility index (Phi) is 1.46. The Morgan fingerprint density at radius 3 is 1.56 bits per heavy atom. The highest BCUT2D eigenvalue weighted by Crippen LogP contribution is 2.36. The van der Waals surface area contributed by atoms with Crippen molar-refractivity contribution in [2.75, 3.05) is 6.56 Å². The molecule has 0 rings (SSSR count). The van der Waals surface area contributed by atoms with E-state index in [1.54, 1.807) is 13.8 Å². The second kappa shape index (κ2) is 2.30. The Morgan fingerprint density at radius 2 is 1.56 bits per heavy atom. The highest BCUT2D eigenvalue weighted by Gasteiger charge is 2.31. The summed E-state index contributed by atoms with van der Waals surface area (Å²) in [6, 6.07) is 0. The first kappa shape index (κ1) is 5.72. The molecule has 0 aromatic heterocycles. The molecule has 0 heterocycles. The third kappa shape index (κ3) is 1.98. The zero-order chi connectivity index (χ0) is 9.50. The van der Waals surface area contributed by atoms with Gasteiger partial charge in [0.1, 0.15) is 0 Å². The molecule has 1 nitrogen and oxygen atoms in total. The number of aliphatic hydroxyl groups is 1. The summed E-state index contributed by atoms with van der Waals surface area (Å²) < 4.78 is 14.4. The first-order chi connectivity index (χ1) is 4.50. The summed E-state index contributed by atoms with van der Waals surface area (Å²) >= 11 is 0. The van der Waals surface area contributed by atoms with Crippen molar-refractivity contribution in [3.05, 3.63) is 0 Å². The van der Waals surface area contributed by atoms with Crippen molar-refractivity contribution in [3.8, 4) is 0 Å². The summed E-state index contributed by atoms with van der Waals surface area (Å²) in [4.78, 5) is 0. The average molecular weight is 132 g/mol. The van der Waals surface area contributed by atoms with Crippen LogP contribution < -0.4 is 0 Å². The predicted octanol–water partition coefficient (Wildman–Crippen LogP) is 2.05. The molecule has 1 heteroatoms. The molecule has 0 radical (unpaired) electrons. The highest BCUT2D eigenvalue weighted by molar-refractivity contribution is 4.80. The molecular formula is C8H18O. The molecule has 0 fully saturated rings. The molecule has 9 heavy (non-hydrogen) atoms. The van der Waals surface area contributed by atoms with Crippen LogP contribution >= 0.6 is 0 Å². The van der Waals surface area contributed by atoms with Crippen LogP contribution in [0.4, 0.5) is 0 Å². The second-order valence-electron chi connectivity index (χ2n) is 3.99. The van der Waals surface area contributed by atoms with Crippen molar-refractivity contribution in [2.45, 2.75) is 34.6 Å². The van der Waals surface area contributed by atoms with Crippen molar-refractivity contribution < 1.29 is 7.85 Å². The Hall–Kier alpha value is -0.0400. The maximum atomic E-state index is 9.21. The van der Waals surface area contributed by atoms with Gasteiger partial charge in [0.05, 0.1) is 2.74 Å². The van der Waals surface area contributed by atoms with E-state index in [2.05, 4.69) is 0 Å². The van der Waals surface area contributed by atoms with E-state index in [1.165, 1.54) is 0 Å². The molecule has 0 unspecified atom stereocenters. The smallest absolute Gasteiger partial charge is 0.0570 e. The fourth-order valence-corrected chi connectivity index (χ4v) is 0.168. The van der Waals surface area contributed by atoms with Crippen molar-refractivity contribution in [2.24, 2.45) is 10.8 Å². The summed E-state index contributed by atoms with van der Waals surface area (Å²) in [5.41, 5.74) is -0.981. The third-order valence-corrected chi connectivity index (χ3v) is 2.15. The lowest BCUT2D eigenvalue weighted by Crippen LogP contribution is -2.32. The fraction of sp³-hybridized carbons (Fsp3) is 1.00. The minimum Gasteiger partial charge on any atom is -0.396 e. The van der Waals surface area contributed by atoms with Gasteiger partial charge >= 0.3 is 0 Å². The van der Waals surface area contributed by atoms with Gasteiger partial charge in [0, 0.05) is 6.56 Å². The van der Waals surface area contributed by atoms with E-state index in [0.29, 0.717) is 0 Å². The molecule has 0 aliphatic carbocycles. The van der Waals surface area contributed by atoms with Crippen molar-refractivity contribution in [1.29, 1.82) is 0 Å². The Balaban J connectivity index is 4.75. The standard InChI is InChI=1S/C8H18O/c1-7(2,3)8(4,5)6-9/h9H,6H2,1-5H3/i6D2. The fourth-order valence-electron chi connectivity index (χ4n) is 0.168. The van der Waals surface area contributed by atoms with Gasteiger partial charge in [-0.3, -0.25) is 0 Å². The Bertz CT molecular complexity index is 123. The molecule has 0 saturated carbocycles. The van der Waals surface area contributed by atoms with Crippen molar-refractivity contribution in [1.82, 2.24) is 0 Å². The van der Waals surface area contributed by atoms with Gasteiger partial charge in [-0.25, -0.2) is 0 Å². The van der Waals surface area contributed by atoms with Gasteiger partial charge in [0.25, 0.3) is 0 Å². The largest absolute Gasteiger partial charge is 0.396 e. The van der Waals surface area contributed by atoms with Crippen molar-refractivity contribution in [3.63, 3.8) is 0 Å². The van der Waals surface area contributed by atoms with Gasteiger partial charge in [-0.2, -0.15) is 0 Å². The van der Waals surface area contributed by atoms with Crippen LogP contribution in [0.3, 0.4) is 0 Å². The maximum Gasteiger partial charge on any atom is 0.0570 e. The highest BCUT2D eigenvalue weighted by atomic mass is 16.3. The lowest BCUT2D eigenvalue weighted by atomic mass is 9.70. The van der Waals surface area contributed by atoms with Gasteiger partial charge < -0.3 is 5.11 Å². The first-order valence-electron chi connectivity index (χ1n) is 4.22. The van der Waals surface area contributed by atoms with E-state index >= 15 is 0 Å². The van der Waals surface area contributed by atoms with Crippen LogP contribution in [-0.2, 0) is 0 Å². The topological polar surface area (TPSA) is 20.2 Å². The number of hydrogen-bond acceptors (Lipinski definition) is 1. The van der Waals surface area contributed by atoms with Gasteiger partial charge in [-0.15, -0.1) is 0 Å². The molecule has 56 valence electrons. The van der Waals surface area contributed by atoms with Crippen LogP contribution in [0.25, 0.3) is 0 Å². The van der Waals surface area contributed by atoms with E-state index < -0.39 is 12.0 Å². The quantitative estimate of drug-likeness (QED) is 0.579. The Labute approximate surface area is 60.9 Å². The molecule has 0 aromatic rings. The van der Waals surface area contributed by atoms with Crippen molar-refractivity contribution >= 4 is 0 Å². The molecule has 0 aromatic carbocycles. The molecule has 0 aliphatic heterocycles. The SMILES string of the molecule is [2H]C([2H])(O)C(C)(C)C(C)(C)C. The third-order valence-electron chi connectivity index (χ3n) is 2.15. The lowest BCUT2D eigenvalue weighted by molar-refractivity contribution is 0.0503. The van der Waals surface area contributed by atoms with Gasteiger partial charge in [0.15, 0.2) is 0 Å². The Morgan fingerprint density at radius 1 is 1.22 bits per heavy atom. The molecule has 0 aliphatic rings. The maximum absolute atomic E-state index is 9.21. The van der Waals surface area contributed by atoms with E-state index in [4.69, 9.17) is 2.74 Å². The predicted molar refractivity (Wildman–Crippen MR) is 40.3 cm³/mol. The van der Waals surface area contributed by atoms with Gasteiger partial charge in [-0.1, -0.05) is 34.6 Å². The minimum absolute atomic E-state index is 0.245. The summed E-state index contributed by atoms with van der Waals surface area (Å²) in [6.45, 7) is 7.09. The summed E-state index contributed by atoms with van der Waals surface area (Å²) in [5, 5.41) is 9.21. The normalized spacial score (nSPS) is 18.9. The van der Waals surface area contributed by atoms with Crippen LogP contribution in [0.5, 0.6) is 0 Å². The molecule has 0 spiro atoms. The van der Waals surface area contributed by atoms with Crippen LogP contribution in [0.2, 0.25) is 0 Å². The monoisotopic (exact) mass is 132 g/mol. The first-order valence-corrected chi connectivity index (χ1v) is 3.22. The zero-order valence-corrected chi connectivity index (χ0v) is 6.95. The molecule has 0 saturated heterocycles. The van der Waals surface area contributed by atoms with Crippen LogP contribution in [-0.4, -0.2) is 11.7 Å². The summed E-state index contributed by atoms with van der Waals surface area (Å²) in [7, 11) is 0. The molecule has 1 N–H and O–H groups in total. The molecular weight excluding hydrogens is 112 g/mol. The lowest BCUT2D eigenvalue weighted by Gasteiger charge is -2.36. The molecule has 0 atom stereocenters. The zero-order valence-electron chi connectivity index (χ0n) is 8.95. The van der Waals surface area contributed by atoms with E-state index in [9.17, 15) is 5.11 Å². The van der Waals surface area contributed by atoms with Crippen LogP contribution in [0.1, 0.15) is 37.4 Å². The molecule has 0 bridgehead atoms. The van der Waals surface area contributed by atoms with E-state index in [0.717, 1.165) is 0 Å². The molecule has 0 amide bonds. The second-order valence-corrected chi connectivity index (χ2v) is 3.99. The van der Waals surface area contributed by atoms with Gasteiger partial charge in [0.2, 0.25) is 0 Å². The van der Waals surface area contributed by atoms with E-state index in [-0.39, 0.29) is 5.41 Å². The van der Waals surface area contributed by atoms with E-state index in [1.807, 2.05) is 20.8 Å². The van der Waals surface area contributed by atoms with Gasteiger partial charge in [-0.05, 0) is 10.8 Å². The number of hydrogen-bond donors (Lipinski definition) is 1. The average Bonchev–Trinajstić information content (AvgIpc) is 1.58. The van der Waals surface area contributed by atoms with Crippen LogP contribution in [0, 0.1) is 10.8 Å². The summed E-state index contributed by atoms with van der Waals surface area (Å²) in [5.74, 6) is 0.